The second-order valence-electron chi connectivity index (χ2n) is 7.89. The number of oxime groups is 1. The maximum absolute atomic E-state index is 12.8. The SMILES string of the molecule is COc1ccc(C2=NO[C@@H]3[C@H]4C[C@H]([C@H]5C(=O)N(CC(=O)[O-])C(=O)[C@@H]45)[C@H]23)cc1OC. The van der Waals surface area contributed by atoms with Gasteiger partial charge in [-0.05, 0) is 30.5 Å². The molecule has 1 aromatic carbocycles. The van der Waals surface area contributed by atoms with Crippen molar-refractivity contribution in [2.75, 3.05) is 20.8 Å². The molecular formula is C20H19N2O7-. The van der Waals surface area contributed by atoms with Gasteiger partial charge in [-0.25, -0.2) is 0 Å². The number of carbonyl (C=O) groups is 3. The van der Waals surface area contributed by atoms with Crippen molar-refractivity contribution in [3.05, 3.63) is 23.8 Å². The van der Waals surface area contributed by atoms with E-state index >= 15 is 0 Å². The fraction of sp³-hybridized carbons (Fsp3) is 0.500. The number of ether oxygens (including phenoxy) is 2. The largest absolute Gasteiger partial charge is 0.548 e. The van der Waals surface area contributed by atoms with Gasteiger partial charge in [-0.3, -0.25) is 14.5 Å². The smallest absolute Gasteiger partial charge is 0.233 e. The zero-order valence-electron chi connectivity index (χ0n) is 15.9. The van der Waals surface area contributed by atoms with E-state index in [0.29, 0.717) is 17.9 Å². The van der Waals surface area contributed by atoms with Crippen LogP contribution in [0.3, 0.4) is 0 Å². The lowest BCUT2D eigenvalue weighted by Gasteiger charge is -2.30. The normalized spacial score (nSPS) is 34.0. The highest BCUT2D eigenvalue weighted by Crippen LogP contribution is 2.61. The fourth-order valence-electron chi connectivity index (χ4n) is 5.71. The van der Waals surface area contributed by atoms with Gasteiger partial charge in [0.25, 0.3) is 0 Å². The first kappa shape index (κ1) is 18.0. The number of imide groups is 1. The summed E-state index contributed by atoms with van der Waals surface area (Å²) in [6, 6.07) is 5.46. The van der Waals surface area contributed by atoms with Crippen molar-refractivity contribution in [3.8, 4) is 11.5 Å². The van der Waals surface area contributed by atoms with Gasteiger partial charge < -0.3 is 24.2 Å². The Morgan fingerprint density at radius 3 is 2.48 bits per heavy atom. The fourth-order valence-corrected chi connectivity index (χ4v) is 5.71. The van der Waals surface area contributed by atoms with E-state index in [9.17, 15) is 19.5 Å². The topological polar surface area (TPSA) is 118 Å². The number of benzene rings is 1. The number of likely N-dealkylation sites (tertiary alicyclic amines) is 1. The Kier molecular flexibility index (Phi) is 3.84. The first-order valence-electron chi connectivity index (χ1n) is 9.47. The van der Waals surface area contributed by atoms with Gasteiger partial charge in [0, 0.05) is 17.4 Å². The Hall–Kier alpha value is -3.10. The van der Waals surface area contributed by atoms with Crippen LogP contribution in [0.1, 0.15) is 12.0 Å². The summed E-state index contributed by atoms with van der Waals surface area (Å²) < 4.78 is 10.7. The third kappa shape index (κ3) is 2.33. The number of aliphatic carboxylic acids is 1. The standard InChI is InChI=1S/C20H20N2O7/c1-27-11-4-3-8(5-12(11)28-2)17-16-9-6-10(18(16)29-21-17)15-14(9)19(25)22(20(15)26)7-13(23)24/h3-5,9-10,14-16,18H,6-7H2,1-2H3,(H,23,24)/p-1/t9-,10+,14-,15+,16-,18-/m1/s1. The van der Waals surface area contributed by atoms with Crippen LogP contribution in [-0.2, 0) is 19.2 Å². The summed E-state index contributed by atoms with van der Waals surface area (Å²) in [7, 11) is 3.11. The molecule has 152 valence electrons. The predicted molar refractivity (Wildman–Crippen MR) is 94.8 cm³/mol. The minimum atomic E-state index is -1.44. The Labute approximate surface area is 166 Å². The maximum atomic E-state index is 12.8. The van der Waals surface area contributed by atoms with Gasteiger partial charge in [0.15, 0.2) is 11.5 Å². The van der Waals surface area contributed by atoms with E-state index in [2.05, 4.69) is 5.16 Å². The zero-order chi connectivity index (χ0) is 20.4. The number of nitrogens with zero attached hydrogens (tertiary/aromatic N) is 2. The van der Waals surface area contributed by atoms with Crippen molar-refractivity contribution < 1.29 is 33.8 Å². The lowest BCUT2D eigenvalue weighted by molar-refractivity contribution is -0.305. The molecule has 1 aromatic rings. The predicted octanol–water partition coefficient (Wildman–Crippen LogP) is -0.576. The zero-order valence-corrected chi connectivity index (χ0v) is 15.9. The Morgan fingerprint density at radius 1 is 1.14 bits per heavy atom. The molecule has 9 nitrogen and oxygen atoms in total. The Bertz CT molecular complexity index is 958. The third-order valence-electron chi connectivity index (χ3n) is 6.75. The van der Waals surface area contributed by atoms with Crippen molar-refractivity contribution >= 4 is 23.5 Å². The average Bonchev–Trinajstić information content (AvgIpc) is 3.44. The van der Waals surface area contributed by atoms with Crippen molar-refractivity contribution in [3.63, 3.8) is 0 Å². The van der Waals surface area contributed by atoms with Crippen LogP contribution in [0.25, 0.3) is 0 Å². The summed E-state index contributed by atoms with van der Waals surface area (Å²) in [4.78, 5) is 43.1. The number of carboxylic acids is 1. The first-order valence-corrected chi connectivity index (χ1v) is 9.47. The number of hydrogen-bond donors (Lipinski definition) is 0. The molecule has 0 N–H and O–H groups in total. The van der Waals surface area contributed by atoms with Crippen LogP contribution in [0.2, 0.25) is 0 Å². The summed E-state index contributed by atoms with van der Waals surface area (Å²) in [5.41, 5.74) is 1.53. The average molecular weight is 399 g/mol. The molecule has 9 heteroatoms. The Morgan fingerprint density at radius 2 is 1.83 bits per heavy atom. The van der Waals surface area contributed by atoms with E-state index in [1.165, 1.54) is 0 Å². The first-order chi connectivity index (χ1) is 14.0. The molecule has 0 unspecified atom stereocenters. The molecular weight excluding hydrogens is 380 g/mol. The minimum absolute atomic E-state index is 0.118. The number of carboxylic acid groups (broad SMARTS) is 1. The molecule has 2 aliphatic carbocycles. The van der Waals surface area contributed by atoms with Crippen molar-refractivity contribution in [1.29, 1.82) is 0 Å². The summed E-state index contributed by atoms with van der Waals surface area (Å²) in [5, 5.41) is 15.3. The number of fused-ring (bicyclic) bond motifs is 8. The molecule has 0 spiro atoms. The highest BCUT2D eigenvalue weighted by molar-refractivity contribution is 6.10. The quantitative estimate of drug-likeness (QED) is 0.608. The van der Waals surface area contributed by atoms with Crippen LogP contribution in [0.4, 0.5) is 0 Å². The van der Waals surface area contributed by atoms with E-state index in [0.717, 1.165) is 16.2 Å². The number of methoxy groups -OCH3 is 2. The summed E-state index contributed by atoms with van der Waals surface area (Å²) in [5.74, 6) is -2.60. The molecule has 29 heavy (non-hydrogen) atoms. The lowest BCUT2D eigenvalue weighted by atomic mass is 9.71. The van der Waals surface area contributed by atoms with Gasteiger partial charge in [-0.2, -0.15) is 0 Å². The summed E-state index contributed by atoms with van der Waals surface area (Å²) >= 11 is 0. The minimum Gasteiger partial charge on any atom is -0.548 e. The number of amides is 2. The van der Waals surface area contributed by atoms with Gasteiger partial charge in [-0.15, -0.1) is 0 Å². The van der Waals surface area contributed by atoms with E-state index in [4.69, 9.17) is 14.3 Å². The van der Waals surface area contributed by atoms with Crippen LogP contribution in [-0.4, -0.2) is 55.3 Å². The van der Waals surface area contributed by atoms with Gasteiger partial charge >= 0.3 is 0 Å². The highest BCUT2D eigenvalue weighted by Gasteiger charge is 2.70. The van der Waals surface area contributed by atoms with Crippen LogP contribution < -0.4 is 14.6 Å². The molecule has 3 fully saturated rings. The second-order valence-corrected chi connectivity index (χ2v) is 7.89. The molecule has 2 amide bonds. The molecule has 2 aliphatic heterocycles. The van der Waals surface area contributed by atoms with Crippen molar-refractivity contribution in [2.45, 2.75) is 12.5 Å². The maximum Gasteiger partial charge on any atom is 0.233 e. The van der Waals surface area contributed by atoms with Gasteiger partial charge in [0.05, 0.1) is 44.3 Å². The molecule has 2 saturated carbocycles. The highest BCUT2D eigenvalue weighted by atomic mass is 16.6. The van der Waals surface area contributed by atoms with E-state index in [1.807, 2.05) is 12.1 Å². The van der Waals surface area contributed by atoms with E-state index in [1.54, 1.807) is 20.3 Å². The summed E-state index contributed by atoms with van der Waals surface area (Å²) in [6.07, 6.45) is 0.400. The van der Waals surface area contributed by atoms with Gasteiger partial charge in [-0.1, -0.05) is 5.16 Å². The molecule has 2 heterocycles. The van der Waals surface area contributed by atoms with Gasteiger partial charge in [0.2, 0.25) is 11.8 Å². The third-order valence-corrected chi connectivity index (χ3v) is 6.75. The van der Waals surface area contributed by atoms with Crippen LogP contribution in [0.15, 0.2) is 23.4 Å². The Balaban J connectivity index is 1.46. The number of carbonyl (C=O) groups excluding carboxylic acids is 3. The number of rotatable bonds is 5. The van der Waals surface area contributed by atoms with Crippen LogP contribution in [0.5, 0.6) is 11.5 Å². The monoisotopic (exact) mass is 399 g/mol. The molecule has 6 atom stereocenters. The van der Waals surface area contributed by atoms with Crippen molar-refractivity contribution in [1.82, 2.24) is 4.90 Å². The molecule has 2 bridgehead atoms. The summed E-state index contributed by atoms with van der Waals surface area (Å²) in [6.45, 7) is -0.697. The van der Waals surface area contributed by atoms with E-state index < -0.39 is 36.2 Å². The lowest BCUT2D eigenvalue weighted by Crippen LogP contribution is -2.42. The second kappa shape index (κ2) is 6.20. The molecule has 1 saturated heterocycles. The molecule has 4 aliphatic rings. The number of hydrogen-bond acceptors (Lipinski definition) is 8. The van der Waals surface area contributed by atoms with Crippen molar-refractivity contribution in [2.24, 2.45) is 34.7 Å². The van der Waals surface area contributed by atoms with Crippen LogP contribution in [0, 0.1) is 29.6 Å². The molecule has 0 aromatic heterocycles. The molecule has 0 radical (unpaired) electrons. The van der Waals surface area contributed by atoms with E-state index in [-0.39, 0.29) is 23.9 Å². The van der Waals surface area contributed by atoms with Crippen LogP contribution >= 0.6 is 0 Å². The molecule has 5 rings (SSSR count). The van der Waals surface area contributed by atoms with Gasteiger partial charge in [0.1, 0.15) is 6.10 Å².